The minimum absolute atomic E-state index is 0.116. The van der Waals surface area contributed by atoms with E-state index >= 15 is 0 Å². The highest BCUT2D eigenvalue weighted by atomic mass is 32.1. The van der Waals surface area contributed by atoms with Gasteiger partial charge in [0.15, 0.2) is 0 Å². The third-order valence-electron chi connectivity index (χ3n) is 2.24. The van der Waals surface area contributed by atoms with Gasteiger partial charge in [0.05, 0.1) is 7.11 Å². The van der Waals surface area contributed by atoms with Crippen molar-refractivity contribution >= 4 is 18.2 Å². The van der Waals surface area contributed by atoms with Crippen LogP contribution in [-0.4, -0.2) is 23.0 Å². The van der Waals surface area contributed by atoms with E-state index in [2.05, 4.69) is 35.5 Å². The molecule has 0 aliphatic carbocycles. The van der Waals surface area contributed by atoms with Crippen LogP contribution in [0.2, 0.25) is 0 Å². The summed E-state index contributed by atoms with van der Waals surface area (Å²) in [5, 5.41) is 0. The molecule has 0 fully saturated rings. The summed E-state index contributed by atoms with van der Waals surface area (Å²) in [6, 6.07) is 0. The summed E-state index contributed by atoms with van der Waals surface area (Å²) in [6.45, 7) is 8.16. The lowest BCUT2D eigenvalue weighted by molar-refractivity contribution is 0.0598. The topological polar surface area (TPSA) is 55.0 Å². The average molecular weight is 254 g/mol. The van der Waals surface area contributed by atoms with E-state index in [0.717, 1.165) is 12.2 Å². The molecule has 0 aliphatic heterocycles. The summed E-state index contributed by atoms with van der Waals surface area (Å²) < 4.78 is 4.97. The number of methoxy groups -OCH3 is 1. The van der Waals surface area contributed by atoms with Crippen LogP contribution in [0.3, 0.4) is 0 Å². The summed E-state index contributed by atoms with van der Waals surface area (Å²) in [5.74, 6) is 0.353. The average Bonchev–Trinajstić information content (AvgIpc) is 2.13. The molecule has 94 valence electrons. The number of rotatable bonds is 2. The Hall–Kier alpha value is -1.23. The maximum absolute atomic E-state index is 11.5. The fourth-order valence-electron chi connectivity index (χ4n) is 1.57. The molecule has 0 saturated carbocycles. The summed E-state index contributed by atoms with van der Waals surface area (Å²) >= 11 is 5.13. The molecule has 0 amide bonds. The molecule has 0 bridgehead atoms. The molecule has 0 radical (unpaired) electrons. The molecule has 0 aromatic carbocycles. The Morgan fingerprint density at radius 3 is 2.47 bits per heavy atom. The third kappa shape index (κ3) is 3.63. The number of H-pyrrole nitrogens is 1. The molecule has 1 aromatic heterocycles. The SMILES string of the molecule is COC(=O)c1c(C)[nH]c(CC(C)(C)C)nc1=S. The Labute approximate surface area is 106 Å². The van der Waals surface area contributed by atoms with Gasteiger partial charge in [0.2, 0.25) is 0 Å². The molecule has 5 heteroatoms. The van der Waals surface area contributed by atoms with Crippen LogP contribution in [0.25, 0.3) is 0 Å². The lowest BCUT2D eigenvalue weighted by Crippen LogP contribution is -2.15. The molecule has 0 aliphatic rings. The number of aromatic amines is 1. The number of aryl methyl sites for hydroxylation is 1. The van der Waals surface area contributed by atoms with Gasteiger partial charge in [-0.2, -0.15) is 0 Å². The first-order chi connectivity index (χ1) is 7.74. The maximum atomic E-state index is 11.5. The van der Waals surface area contributed by atoms with E-state index in [1.54, 1.807) is 6.92 Å². The molecule has 0 spiro atoms. The zero-order chi connectivity index (χ0) is 13.2. The summed E-state index contributed by atoms with van der Waals surface area (Å²) in [4.78, 5) is 18.9. The molecule has 0 unspecified atom stereocenters. The van der Waals surface area contributed by atoms with Crippen LogP contribution in [0.4, 0.5) is 0 Å². The van der Waals surface area contributed by atoms with Crippen molar-refractivity contribution in [3.05, 3.63) is 21.7 Å². The fraction of sp³-hybridized carbons (Fsp3) is 0.583. The van der Waals surface area contributed by atoms with E-state index in [9.17, 15) is 4.79 Å². The second kappa shape index (κ2) is 4.96. The smallest absolute Gasteiger partial charge is 0.342 e. The zero-order valence-electron chi connectivity index (χ0n) is 10.9. The number of ether oxygens (including phenoxy) is 1. The van der Waals surface area contributed by atoms with Crippen LogP contribution in [0.15, 0.2) is 0 Å². The van der Waals surface area contributed by atoms with Crippen LogP contribution in [-0.2, 0) is 11.2 Å². The van der Waals surface area contributed by atoms with E-state index in [4.69, 9.17) is 12.2 Å². The first-order valence-corrected chi connectivity index (χ1v) is 5.83. The number of aromatic nitrogens is 2. The van der Waals surface area contributed by atoms with Crippen LogP contribution in [0.1, 0.15) is 42.6 Å². The second-order valence-corrected chi connectivity index (χ2v) is 5.60. The van der Waals surface area contributed by atoms with Gasteiger partial charge in [-0.15, -0.1) is 0 Å². The Kier molecular flexibility index (Phi) is 4.03. The molecule has 1 N–H and O–H groups in total. The fourth-order valence-corrected chi connectivity index (χ4v) is 1.92. The number of nitrogens with zero attached hydrogens (tertiary/aromatic N) is 1. The third-order valence-corrected chi connectivity index (χ3v) is 2.54. The zero-order valence-corrected chi connectivity index (χ0v) is 11.7. The predicted molar refractivity (Wildman–Crippen MR) is 68.7 cm³/mol. The van der Waals surface area contributed by atoms with Crippen molar-refractivity contribution in [3.8, 4) is 0 Å². The lowest BCUT2D eigenvalue weighted by Gasteiger charge is -2.18. The van der Waals surface area contributed by atoms with Crippen molar-refractivity contribution in [2.75, 3.05) is 7.11 Å². The van der Waals surface area contributed by atoms with E-state index < -0.39 is 5.97 Å². The Bertz CT molecular complexity index is 486. The van der Waals surface area contributed by atoms with Crippen molar-refractivity contribution in [3.63, 3.8) is 0 Å². The largest absolute Gasteiger partial charge is 0.465 e. The Morgan fingerprint density at radius 1 is 1.47 bits per heavy atom. The van der Waals surface area contributed by atoms with Crippen LogP contribution in [0.5, 0.6) is 0 Å². The lowest BCUT2D eigenvalue weighted by atomic mass is 9.92. The van der Waals surface area contributed by atoms with Gasteiger partial charge >= 0.3 is 5.97 Å². The predicted octanol–water partition coefficient (Wildman–Crippen LogP) is 2.82. The minimum Gasteiger partial charge on any atom is -0.465 e. The molecule has 0 atom stereocenters. The molecular weight excluding hydrogens is 236 g/mol. The highest BCUT2D eigenvalue weighted by Crippen LogP contribution is 2.19. The van der Waals surface area contributed by atoms with Gasteiger partial charge in [-0.05, 0) is 12.3 Å². The highest BCUT2D eigenvalue weighted by Gasteiger charge is 2.17. The van der Waals surface area contributed by atoms with Gasteiger partial charge < -0.3 is 9.72 Å². The van der Waals surface area contributed by atoms with Crippen molar-refractivity contribution in [2.24, 2.45) is 5.41 Å². The van der Waals surface area contributed by atoms with Gasteiger partial charge in [-0.1, -0.05) is 33.0 Å². The van der Waals surface area contributed by atoms with E-state index in [-0.39, 0.29) is 5.41 Å². The Balaban J connectivity index is 3.19. The summed E-state index contributed by atoms with van der Waals surface area (Å²) in [5.41, 5.74) is 1.17. The van der Waals surface area contributed by atoms with Gasteiger partial charge in [0, 0.05) is 12.1 Å². The molecule has 1 aromatic rings. The van der Waals surface area contributed by atoms with E-state index in [1.165, 1.54) is 7.11 Å². The molecular formula is C12H18N2O2S. The highest BCUT2D eigenvalue weighted by molar-refractivity contribution is 7.71. The monoisotopic (exact) mass is 254 g/mol. The second-order valence-electron chi connectivity index (χ2n) is 5.22. The van der Waals surface area contributed by atoms with Crippen molar-refractivity contribution < 1.29 is 9.53 Å². The van der Waals surface area contributed by atoms with Crippen LogP contribution in [0, 0.1) is 17.0 Å². The first-order valence-electron chi connectivity index (χ1n) is 5.42. The number of carbonyl (C=O) groups is 1. The molecule has 4 nitrogen and oxygen atoms in total. The van der Waals surface area contributed by atoms with Crippen molar-refractivity contribution in [2.45, 2.75) is 34.1 Å². The van der Waals surface area contributed by atoms with Crippen LogP contribution < -0.4 is 0 Å². The number of nitrogens with one attached hydrogen (secondary N) is 1. The first kappa shape index (κ1) is 13.8. The standard InChI is InChI=1S/C12H18N2O2S/c1-7-9(11(15)16-5)10(17)14-8(13-7)6-12(2,3)4/h6H2,1-5H3,(H,13,14,17). The van der Waals surface area contributed by atoms with E-state index in [1.807, 2.05) is 0 Å². The van der Waals surface area contributed by atoms with Crippen LogP contribution >= 0.6 is 12.2 Å². The molecule has 1 rings (SSSR count). The van der Waals surface area contributed by atoms with Crippen molar-refractivity contribution in [1.29, 1.82) is 0 Å². The molecule has 17 heavy (non-hydrogen) atoms. The molecule has 0 saturated heterocycles. The maximum Gasteiger partial charge on any atom is 0.342 e. The Morgan fingerprint density at radius 2 is 2.06 bits per heavy atom. The van der Waals surface area contributed by atoms with Crippen molar-refractivity contribution in [1.82, 2.24) is 9.97 Å². The van der Waals surface area contributed by atoms with Gasteiger partial charge in [-0.25, -0.2) is 9.78 Å². The number of hydrogen-bond acceptors (Lipinski definition) is 4. The van der Waals surface area contributed by atoms with E-state index in [0.29, 0.717) is 15.9 Å². The number of hydrogen-bond donors (Lipinski definition) is 1. The normalized spacial score (nSPS) is 11.4. The molecule has 1 heterocycles. The summed E-state index contributed by atoms with van der Waals surface area (Å²) in [6.07, 6.45) is 0.777. The minimum atomic E-state index is -0.446. The van der Waals surface area contributed by atoms with Gasteiger partial charge in [0.25, 0.3) is 0 Å². The van der Waals surface area contributed by atoms with Gasteiger partial charge in [-0.3, -0.25) is 0 Å². The number of carbonyl (C=O) groups excluding carboxylic acids is 1. The van der Waals surface area contributed by atoms with Gasteiger partial charge in [0.1, 0.15) is 16.0 Å². The quantitative estimate of drug-likeness (QED) is 0.651. The number of esters is 1. The summed E-state index contributed by atoms with van der Waals surface area (Å²) in [7, 11) is 1.33.